The third-order valence-electron chi connectivity index (χ3n) is 7.53. The van der Waals surface area contributed by atoms with Crippen LogP contribution in [0.1, 0.15) is 45.9 Å². The molecule has 1 saturated heterocycles. The van der Waals surface area contributed by atoms with Gasteiger partial charge in [-0.1, -0.05) is 48.5 Å². The van der Waals surface area contributed by atoms with E-state index in [1.807, 2.05) is 53.4 Å². The number of rotatable bonds is 7. The van der Waals surface area contributed by atoms with Crippen molar-refractivity contribution in [3.05, 3.63) is 101 Å². The second-order valence-corrected chi connectivity index (χ2v) is 10.2. The Balaban J connectivity index is 1.25. The minimum absolute atomic E-state index is 0.0459. The molecule has 0 radical (unpaired) electrons. The summed E-state index contributed by atoms with van der Waals surface area (Å²) < 4.78 is 5.38. The number of carbonyl (C=O) groups excluding carboxylic acids is 2. The number of nitrogens with zero attached hydrogens (tertiary/aromatic N) is 2. The zero-order chi connectivity index (χ0) is 25.4. The molecule has 2 aliphatic rings. The van der Waals surface area contributed by atoms with Gasteiger partial charge in [0.1, 0.15) is 18.0 Å². The first-order chi connectivity index (χ1) is 18.1. The molecule has 1 N–H and O–H groups in total. The standard InChI is InChI=1S/C31H31N3O3/c1-37-27-9-5-8-22(15-27)18-34-26(14-21-6-3-2-4-7-21)19-33(20-30(34)35)31(36)29-17-25-16-24(23-10-11-23)12-13-28(25)32-29/h2-9,12-13,15-17,23,26,32H,10-11,14,18-20H2,1H3/t26-/m0/s1. The molecule has 2 fully saturated rings. The van der Waals surface area contributed by atoms with Crippen LogP contribution in [0.4, 0.5) is 0 Å². The first-order valence-electron chi connectivity index (χ1n) is 13.0. The van der Waals surface area contributed by atoms with Gasteiger partial charge >= 0.3 is 0 Å². The van der Waals surface area contributed by atoms with Gasteiger partial charge in [0.2, 0.25) is 5.91 Å². The summed E-state index contributed by atoms with van der Waals surface area (Å²) in [5, 5.41) is 1.05. The van der Waals surface area contributed by atoms with Crippen LogP contribution >= 0.6 is 0 Å². The Hall–Kier alpha value is -4.06. The fourth-order valence-corrected chi connectivity index (χ4v) is 5.38. The van der Waals surface area contributed by atoms with E-state index in [4.69, 9.17) is 4.74 Å². The van der Waals surface area contributed by atoms with E-state index in [1.54, 1.807) is 12.0 Å². The number of hydrogen-bond donors (Lipinski definition) is 1. The van der Waals surface area contributed by atoms with Gasteiger partial charge in [-0.2, -0.15) is 0 Å². The molecular formula is C31H31N3O3. The SMILES string of the molecule is COc1cccc(CN2C(=O)CN(C(=O)c3cc4cc(C5CC5)ccc4[nH]3)C[C@@H]2Cc2ccccc2)c1. The fourth-order valence-electron chi connectivity index (χ4n) is 5.38. The van der Waals surface area contributed by atoms with Gasteiger partial charge in [0.05, 0.1) is 13.2 Å². The molecule has 37 heavy (non-hydrogen) atoms. The van der Waals surface area contributed by atoms with Crippen molar-refractivity contribution in [1.82, 2.24) is 14.8 Å². The van der Waals surface area contributed by atoms with E-state index in [9.17, 15) is 9.59 Å². The summed E-state index contributed by atoms with van der Waals surface area (Å²) in [4.78, 5) is 34.0. The lowest BCUT2D eigenvalue weighted by Crippen LogP contribution is -2.58. The highest BCUT2D eigenvalue weighted by atomic mass is 16.5. The highest BCUT2D eigenvalue weighted by Gasteiger charge is 2.35. The first-order valence-corrected chi connectivity index (χ1v) is 13.0. The molecule has 6 nitrogen and oxygen atoms in total. The number of benzene rings is 3. The van der Waals surface area contributed by atoms with Crippen molar-refractivity contribution in [2.75, 3.05) is 20.2 Å². The van der Waals surface area contributed by atoms with Crippen LogP contribution in [0, 0.1) is 0 Å². The zero-order valence-electron chi connectivity index (χ0n) is 21.0. The Morgan fingerprint density at radius 1 is 0.973 bits per heavy atom. The molecule has 6 heteroatoms. The average Bonchev–Trinajstić information content (AvgIpc) is 3.69. The maximum atomic E-state index is 13.6. The summed E-state index contributed by atoms with van der Waals surface area (Å²) in [5.41, 5.74) is 4.98. The van der Waals surface area contributed by atoms with Gasteiger partial charge < -0.3 is 19.5 Å². The number of ether oxygens (including phenoxy) is 1. The molecule has 2 heterocycles. The summed E-state index contributed by atoms with van der Waals surface area (Å²) in [5.74, 6) is 1.25. The van der Waals surface area contributed by atoms with E-state index >= 15 is 0 Å². The Bertz CT molecular complexity index is 1440. The number of amides is 2. The van der Waals surface area contributed by atoms with Crippen molar-refractivity contribution >= 4 is 22.7 Å². The predicted molar refractivity (Wildman–Crippen MR) is 144 cm³/mol. The lowest BCUT2D eigenvalue weighted by atomic mass is 10.0. The molecule has 1 aliphatic carbocycles. The number of hydrogen-bond acceptors (Lipinski definition) is 3. The lowest BCUT2D eigenvalue weighted by Gasteiger charge is -2.41. The quantitative estimate of drug-likeness (QED) is 0.387. The Kier molecular flexibility index (Phi) is 6.16. The van der Waals surface area contributed by atoms with Gasteiger partial charge in [0.15, 0.2) is 0 Å². The van der Waals surface area contributed by atoms with Crippen molar-refractivity contribution in [2.24, 2.45) is 0 Å². The van der Waals surface area contributed by atoms with Crippen LogP contribution in [0.2, 0.25) is 0 Å². The molecule has 188 valence electrons. The smallest absolute Gasteiger partial charge is 0.270 e. The summed E-state index contributed by atoms with van der Waals surface area (Å²) >= 11 is 0. The van der Waals surface area contributed by atoms with E-state index in [2.05, 4.69) is 35.3 Å². The maximum Gasteiger partial charge on any atom is 0.270 e. The van der Waals surface area contributed by atoms with Crippen LogP contribution < -0.4 is 4.74 Å². The van der Waals surface area contributed by atoms with Crippen molar-refractivity contribution in [1.29, 1.82) is 0 Å². The number of H-pyrrole nitrogens is 1. The molecule has 1 aromatic heterocycles. The van der Waals surface area contributed by atoms with E-state index in [0.29, 0.717) is 31.1 Å². The van der Waals surface area contributed by atoms with Crippen LogP contribution in [0.15, 0.2) is 78.9 Å². The number of nitrogens with one attached hydrogen (secondary N) is 1. The maximum absolute atomic E-state index is 13.6. The molecule has 1 saturated carbocycles. The number of piperazine rings is 1. The molecule has 3 aromatic carbocycles. The summed E-state index contributed by atoms with van der Waals surface area (Å²) in [6, 6.07) is 26.2. The Morgan fingerprint density at radius 3 is 2.57 bits per heavy atom. The third-order valence-corrected chi connectivity index (χ3v) is 7.53. The zero-order valence-corrected chi connectivity index (χ0v) is 21.0. The second kappa shape index (κ2) is 9.77. The minimum atomic E-state index is -0.135. The van der Waals surface area contributed by atoms with Crippen LogP contribution in [0.3, 0.4) is 0 Å². The molecule has 2 amide bonds. The molecule has 0 unspecified atom stereocenters. The summed E-state index contributed by atoms with van der Waals surface area (Å²) in [7, 11) is 1.64. The predicted octanol–water partition coefficient (Wildman–Crippen LogP) is 5.15. The number of carbonyl (C=O) groups is 2. The summed E-state index contributed by atoms with van der Waals surface area (Å²) in [6.45, 7) is 1.02. The monoisotopic (exact) mass is 493 g/mol. The number of methoxy groups -OCH3 is 1. The molecule has 0 bridgehead atoms. The molecule has 1 aliphatic heterocycles. The second-order valence-electron chi connectivity index (χ2n) is 10.2. The van der Waals surface area contributed by atoms with Crippen LogP contribution in [0.25, 0.3) is 10.9 Å². The number of aromatic nitrogens is 1. The fraction of sp³-hybridized carbons (Fsp3) is 0.290. The van der Waals surface area contributed by atoms with E-state index in [1.165, 1.54) is 18.4 Å². The topological polar surface area (TPSA) is 65.6 Å². The largest absolute Gasteiger partial charge is 0.497 e. The van der Waals surface area contributed by atoms with E-state index in [0.717, 1.165) is 27.8 Å². The Morgan fingerprint density at radius 2 is 1.78 bits per heavy atom. The minimum Gasteiger partial charge on any atom is -0.497 e. The molecule has 6 rings (SSSR count). The molecular weight excluding hydrogens is 462 g/mol. The highest BCUT2D eigenvalue weighted by molar-refractivity contribution is 6.00. The first kappa shape index (κ1) is 23.3. The third kappa shape index (κ3) is 4.96. The van der Waals surface area contributed by atoms with Gasteiger partial charge in [-0.05, 0) is 72.2 Å². The normalized spacial score (nSPS) is 17.9. The Labute approximate surface area is 216 Å². The molecule has 4 aromatic rings. The highest BCUT2D eigenvalue weighted by Crippen LogP contribution is 2.41. The number of aromatic amines is 1. The van der Waals surface area contributed by atoms with Gasteiger partial charge in [-0.3, -0.25) is 9.59 Å². The van der Waals surface area contributed by atoms with Gasteiger partial charge in [0.25, 0.3) is 5.91 Å². The van der Waals surface area contributed by atoms with Crippen LogP contribution in [-0.2, 0) is 17.8 Å². The van der Waals surface area contributed by atoms with Crippen LogP contribution in [-0.4, -0.2) is 52.8 Å². The molecule has 0 spiro atoms. The van der Waals surface area contributed by atoms with E-state index < -0.39 is 0 Å². The van der Waals surface area contributed by atoms with Crippen molar-refractivity contribution in [3.63, 3.8) is 0 Å². The van der Waals surface area contributed by atoms with Gasteiger partial charge in [-0.15, -0.1) is 0 Å². The lowest BCUT2D eigenvalue weighted by molar-refractivity contribution is -0.139. The summed E-state index contributed by atoms with van der Waals surface area (Å²) in [6.07, 6.45) is 3.16. The van der Waals surface area contributed by atoms with E-state index in [-0.39, 0.29) is 24.4 Å². The number of fused-ring (bicyclic) bond motifs is 1. The average molecular weight is 494 g/mol. The molecule has 1 atom stereocenters. The van der Waals surface area contributed by atoms with Crippen molar-refractivity contribution < 1.29 is 14.3 Å². The van der Waals surface area contributed by atoms with Crippen molar-refractivity contribution in [2.45, 2.75) is 37.8 Å². The van der Waals surface area contributed by atoms with Crippen molar-refractivity contribution in [3.8, 4) is 5.75 Å². The van der Waals surface area contributed by atoms with Gasteiger partial charge in [-0.25, -0.2) is 0 Å². The van der Waals surface area contributed by atoms with Crippen LogP contribution in [0.5, 0.6) is 5.75 Å². The van der Waals surface area contributed by atoms with Gasteiger partial charge in [0, 0.05) is 24.0 Å².